The van der Waals surface area contributed by atoms with E-state index in [1.165, 1.54) is 27.5 Å². The molecule has 0 aliphatic heterocycles. The van der Waals surface area contributed by atoms with Crippen LogP contribution in [0.5, 0.6) is 23.0 Å². The Bertz CT molecular complexity index is 777. The first-order valence-corrected chi connectivity index (χ1v) is 7.43. The number of aryl methyl sites for hydroxylation is 1. The minimum Gasteiger partial charge on any atom is -0.502 e. The molecule has 0 aliphatic rings. The SMILES string of the molecule is COc1cc(C)ccc1C(=O)N/N=C\c1cc(OC)c(O)c(OC)c1. The smallest absolute Gasteiger partial charge is 0.275 e. The number of ether oxygens (including phenoxy) is 3. The van der Waals surface area contributed by atoms with Gasteiger partial charge in [-0.1, -0.05) is 6.07 Å². The van der Waals surface area contributed by atoms with Crippen molar-refractivity contribution in [2.45, 2.75) is 6.92 Å². The van der Waals surface area contributed by atoms with Gasteiger partial charge in [-0.3, -0.25) is 4.79 Å². The normalized spacial score (nSPS) is 10.6. The van der Waals surface area contributed by atoms with Crippen molar-refractivity contribution >= 4 is 12.1 Å². The third-order valence-corrected chi connectivity index (χ3v) is 3.48. The Morgan fingerprint density at radius 3 is 2.20 bits per heavy atom. The van der Waals surface area contributed by atoms with Gasteiger partial charge in [-0.15, -0.1) is 0 Å². The summed E-state index contributed by atoms with van der Waals surface area (Å²) in [6.07, 6.45) is 1.42. The van der Waals surface area contributed by atoms with E-state index in [1.54, 1.807) is 24.3 Å². The molecule has 0 bridgehead atoms. The molecule has 2 aromatic carbocycles. The summed E-state index contributed by atoms with van der Waals surface area (Å²) in [4.78, 5) is 12.2. The number of hydrogen-bond donors (Lipinski definition) is 2. The number of benzene rings is 2. The summed E-state index contributed by atoms with van der Waals surface area (Å²) in [5, 5.41) is 13.8. The quantitative estimate of drug-likeness (QED) is 0.621. The van der Waals surface area contributed by atoms with Gasteiger partial charge in [-0.05, 0) is 36.8 Å². The van der Waals surface area contributed by atoms with E-state index >= 15 is 0 Å². The first-order chi connectivity index (χ1) is 12.0. The molecule has 0 unspecified atom stereocenters. The predicted molar refractivity (Wildman–Crippen MR) is 94.0 cm³/mol. The lowest BCUT2D eigenvalue weighted by Crippen LogP contribution is -2.18. The van der Waals surface area contributed by atoms with Crippen molar-refractivity contribution in [3.05, 3.63) is 47.0 Å². The van der Waals surface area contributed by atoms with Crippen LogP contribution in [-0.2, 0) is 0 Å². The monoisotopic (exact) mass is 344 g/mol. The molecule has 2 aromatic rings. The van der Waals surface area contributed by atoms with Gasteiger partial charge in [0.15, 0.2) is 11.5 Å². The van der Waals surface area contributed by atoms with Crippen LogP contribution >= 0.6 is 0 Å². The van der Waals surface area contributed by atoms with E-state index in [0.29, 0.717) is 16.9 Å². The van der Waals surface area contributed by atoms with E-state index in [9.17, 15) is 9.90 Å². The molecular weight excluding hydrogens is 324 g/mol. The first kappa shape index (κ1) is 18.1. The maximum Gasteiger partial charge on any atom is 0.275 e. The molecule has 1 amide bonds. The number of nitrogens with zero attached hydrogens (tertiary/aromatic N) is 1. The van der Waals surface area contributed by atoms with Crippen molar-refractivity contribution in [2.75, 3.05) is 21.3 Å². The number of amides is 1. The van der Waals surface area contributed by atoms with Crippen LogP contribution in [0.25, 0.3) is 0 Å². The zero-order valence-corrected chi connectivity index (χ0v) is 14.5. The number of carbonyl (C=O) groups is 1. The first-order valence-electron chi connectivity index (χ1n) is 7.43. The van der Waals surface area contributed by atoms with Gasteiger partial charge in [-0.2, -0.15) is 5.10 Å². The number of carbonyl (C=O) groups excluding carboxylic acids is 1. The van der Waals surface area contributed by atoms with E-state index in [1.807, 2.05) is 13.0 Å². The molecule has 0 radical (unpaired) electrons. The standard InChI is InChI=1S/C18H20N2O5/c1-11-5-6-13(14(7-11)23-2)18(22)20-19-10-12-8-15(24-3)17(21)16(9-12)25-4/h5-10,21H,1-4H3,(H,20,22)/b19-10-. The molecule has 0 aromatic heterocycles. The van der Waals surface area contributed by atoms with E-state index in [4.69, 9.17) is 14.2 Å². The topological polar surface area (TPSA) is 89.4 Å². The highest BCUT2D eigenvalue weighted by atomic mass is 16.5. The summed E-state index contributed by atoms with van der Waals surface area (Å²) >= 11 is 0. The van der Waals surface area contributed by atoms with Gasteiger partial charge in [-0.25, -0.2) is 5.43 Å². The van der Waals surface area contributed by atoms with Crippen molar-refractivity contribution in [3.8, 4) is 23.0 Å². The van der Waals surface area contributed by atoms with Gasteiger partial charge >= 0.3 is 0 Å². The lowest BCUT2D eigenvalue weighted by Gasteiger charge is -2.09. The molecule has 0 atom stereocenters. The maximum atomic E-state index is 12.2. The second-order valence-corrected chi connectivity index (χ2v) is 5.18. The van der Waals surface area contributed by atoms with Crippen molar-refractivity contribution in [1.82, 2.24) is 5.43 Å². The fraction of sp³-hybridized carbons (Fsp3) is 0.222. The number of hydrogen-bond acceptors (Lipinski definition) is 6. The van der Waals surface area contributed by atoms with Crippen LogP contribution in [0.1, 0.15) is 21.5 Å². The Morgan fingerprint density at radius 1 is 1.04 bits per heavy atom. The number of rotatable bonds is 6. The minimum atomic E-state index is -0.397. The fourth-order valence-corrected chi connectivity index (χ4v) is 2.20. The third-order valence-electron chi connectivity index (χ3n) is 3.48. The molecule has 0 saturated heterocycles. The van der Waals surface area contributed by atoms with E-state index in [0.717, 1.165) is 5.56 Å². The lowest BCUT2D eigenvalue weighted by molar-refractivity contribution is 0.0952. The summed E-state index contributed by atoms with van der Waals surface area (Å²) in [6, 6.07) is 8.40. The fourth-order valence-electron chi connectivity index (χ4n) is 2.20. The maximum absolute atomic E-state index is 12.2. The van der Waals surface area contributed by atoms with Gasteiger partial charge < -0.3 is 19.3 Å². The zero-order chi connectivity index (χ0) is 18.4. The summed E-state index contributed by atoms with van der Waals surface area (Å²) in [5.74, 6) is 0.460. The van der Waals surface area contributed by atoms with Crippen molar-refractivity contribution < 1.29 is 24.1 Å². The molecule has 0 fully saturated rings. The van der Waals surface area contributed by atoms with Gasteiger partial charge in [0.05, 0.1) is 33.1 Å². The van der Waals surface area contributed by atoms with Crippen molar-refractivity contribution in [1.29, 1.82) is 0 Å². The minimum absolute atomic E-state index is 0.101. The average molecular weight is 344 g/mol. The second-order valence-electron chi connectivity index (χ2n) is 5.18. The van der Waals surface area contributed by atoms with Crippen LogP contribution in [0, 0.1) is 6.92 Å². The highest BCUT2D eigenvalue weighted by Gasteiger charge is 2.12. The summed E-state index contributed by atoms with van der Waals surface area (Å²) in [7, 11) is 4.37. The predicted octanol–water partition coefficient (Wildman–Crippen LogP) is 2.49. The molecule has 0 aliphatic carbocycles. The van der Waals surface area contributed by atoms with Gasteiger partial charge in [0.1, 0.15) is 5.75 Å². The number of nitrogens with one attached hydrogen (secondary N) is 1. The Balaban J connectivity index is 2.17. The van der Waals surface area contributed by atoms with Crippen LogP contribution in [0.3, 0.4) is 0 Å². The lowest BCUT2D eigenvalue weighted by atomic mass is 10.1. The molecule has 0 saturated carbocycles. The van der Waals surface area contributed by atoms with Gasteiger partial charge in [0.2, 0.25) is 5.75 Å². The molecule has 25 heavy (non-hydrogen) atoms. The third kappa shape index (κ3) is 4.20. The Hall–Kier alpha value is -3.22. The largest absolute Gasteiger partial charge is 0.502 e. The molecule has 7 nitrogen and oxygen atoms in total. The van der Waals surface area contributed by atoms with Crippen molar-refractivity contribution in [3.63, 3.8) is 0 Å². The van der Waals surface area contributed by atoms with E-state index < -0.39 is 5.91 Å². The van der Waals surface area contributed by atoms with Crippen LogP contribution in [0.4, 0.5) is 0 Å². The van der Waals surface area contributed by atoms with Gasteiger partial charge in [0.25, 0.3) is 5.91 Å². The van der Waals surface area contributed by atoms with Crippen LogP contribution < -0.4 is 19.6 Å². The second kappa shape index (κ2) is 8.05. The summed E-state index contributed by atoms with van der Waals surface area (Å²) in [6.45, 7) is 1.91. The highest BCUT2D eigenvalue weighted by Crippen LogP contribution is 2.36. The molecule has 0 spiro atoms. The highest BCUT2D eigenvalue weighted by molar-refractivity contribution is 5.97. The number of hydrazone groups is 1. The molecule has 0 heterocycles. The Kier molecular flexibility index (Phi) is 5.84. The number of aromatic hydroxyl groups is 1. The van der Waals surface area contributed by atoms with Crippen molar-refractivity contribution in [2.24, 2.45) is 5.10 Å². The van der Waals surface area contributed by atoms with Crippen LogP contribution in [-0.4, -0.2) is 38.6 Å². The molecule has 132 valence electrons. The number of phenolic OH excluding ortho intramolecular Hbond substituents is 1. The molecule has 2 rings (SSSR count). The zero-order valence-electron chi connectivity index (χ0n) is 14.5. The summed E-state index contributed by atoms with van der Waals surface area (Å²) in [5.41, 5.74) is 4.39. The Morgan fingerprint density at radius 2 is 1.64 bits per heavy atom. The molecular formula is C18H20N2O5. The Labute approximate surface area is 145 Å². The van der Waals surface area contributed by atoms with E-state index in [2.05, 4.69) is 10.5 Å². The molecule has 2 N–H and O–H groups in total. The van der Waals surface area contributed by atoms with Crippen LogP contribution in [0.2, 0.25) is 0 Å². The van der Waals surface area contributed by atoms with E-state index in [-0.39, 0.29) is 17.2 Å². The number of phenols is 1. The van der Waals surface area contributed by atoms with Crippen LogP contribution in [0.15, 0.2) is 35.4 Å². The number of methoxy groups -OCH3 is 3. The average Bonchev–Trinajstić information content (AvgIpc) is 2.62. The summed E-state index contributed by atoms with van der Waals surface area (Å²) < 4.78 is 15.4. The van der Waals surface area contributed by atoms with Gasteiger partial charge in [0, 0.05) is 5.56 Å². The molecule has 7 heteroatoms.